The van der Waals surface area contributed by atoms with Crippen LogP contribution in [-0.2, 0) is 0 Å². The predicted octanol–water partition coefficient (Wildman–Crippen LogP) is 3.79. The third kappa shape index (κ3) is 2.51. The third-order valence-electron chi connectivity index (χ3n) is 2.74. The summed E-state index contributed by atoms with van der Waals surface area (Å²) in [6.45, 7) is 3.80. The largest absolute Gasteiger partial charge is 0.478 e. The van der Waals surface area contributed by atoms with Crippen molar-refractivity contribution >= 4 is 5.97 Å². The van der Waals surface area contributed by atoms with Gasteiger partial charge in [0.05, 0.1) is 5.56 Å². The van der Waals surface area contributed by atoms with Crippen molar-refractivity contribution in [3.8, 4) is 11.5 Å². The topological polar surface area (TPSA) is 46.5 Å². The fraction of sp³-hybridized carbons (Fsp3) is 0.133. The van der Waals surface area contributed by atoms with Crippen LogP contribution in [0.3, 0.4) is 0 Å². The van der Waals surface area contributed by atoms with Crippen LogP contribution in [0.2, 0.25) is 0 Å². The Balaban J connectivity index is 2.30. The number of carboxylic acids is 1. The number of aromatic carboxylic acids is 1. The third-order valence-corrected chi connectivity index (χ3v) is 2.74. The van der Waals surface area contributed by atoms with E-state index in [1.54, 1.807) is 18.2 Å². The van der Waals surface area contributed by atoms with Crippen LogP contribution in [0.4, 0.5) is 0 Å². The summed E-state index contributed by atoms with van der Waals surface area (Å²) in [4.78, 5) is 10.8. The fourth-order valence-electron chi connectivity index (χ4n) is 1.69. The lowest BCUT2D eigenvalue weighted by Crippen LogP contribution is -1.97. The maximum atomic E-state index is 10.8. The van der Waals surface area contributed by atoms with Crippen molar-refractivity contribution in [2.45, 2.75) is 13.8 Å². The minimum Gasteiger partial charge on any atom is -0.478 e. The van der Waals surface area contributed by atoms with Gasteiger partial charge >= 0.3 is 5.97 Å². The van der Waals surface area contributed by atoms with Crippen molar-refractivity contribution in [2.75, 3.05) is 0 Å². The molecular weight excluding hydrogens is 228 g/mol. The van der Waals surface area contributed by atoms with Gasteiger partial charge in [0.1, 0.15) is 11.5 Å². The average Bonchev–Trinajstić information content (AvgIpc) is 2.34. The number of ether oxygens (including phenoxy) is 1. The van der Waals surface area contributed by atoms with E-state index in [0.717, 1.165) is 16.9 Å². The maximum Gasteiger partial charge on any atom is 0.335 e. The van der Waals surface area contributed by atoms with Crippen molar-refractivity contribution in [1.29, 1.82) is 0 Å². The van der Waals surface area contributed by atoms with E-state index in [1.165, 1.54) is 0 Å². The average molecular weight is 242 g/mol. The second-order valence-corrected chi connectivity index (χ2v) is 4.15. The molecule has 0 saturated carbocycles. The number of aryl methyl sites for hydroxylation is 2. The summed E-state index contributed by atoms with van der Waals surface area (Å²) < 4.78 is 5.78. The summed E-state index contributed by atoms with van der Waals surface area (Å²) in [6, 6.07) is 12.5. The van der Waals surface area contributed by atoms with E-state index >= 15 is 0 Å². The van der Waals surface area contributed by atoms with Gasteiger partial charge in [0.2, 0.25) is 0 Å². The van der Waals surface area contributed by atoms with Crippen LogP contribution in [0.25, 0.3) is 0 Å². The highest BCUT2D eigenvalue weighted by Gasteiger charge is 2.08. The zero-order chi connectivity index (χ0) is 13.1. The Kier molecular flexibility index (Phi) is 3.33. The molecule has 0 aliphatic rings. The Morgan fingerprint density at radius 2 is 1.67 bits per heavy atom. The Labute approximate surface area is 106 Å². The molecule has 0 heterocycles. The van der Waals surface area contributed by atoms with Crippen molar-refractivity contribution < 1.29 is 14.6 Å². The second-order valence-electron chi connectivity index (χ2n) is 4.15. The lowest BCUT2D eigenvalue weighted by atomic mass is 10.1. The number of rotatable bonds is 3. The first-order chi connectivity index (χ1) is 8.58. The number of para-hydroxylation sites is 1. The lowest BCUT2D eigenvalue weighted by molar-refractivity contribution is 0.0697. The molecule has 0 amide bonds. The molecule has 18 heavy (non-hydrogen) atoms. The molecule has 0 bridgehead atoms. The molecule has 0 spiro atoms. The molecule has 3 heteroatoms. The molecule has 0 aromatic heterocycles. The molecule has 3 nitrogen and oxygen atoms in total. The molecular formula is C15H14O3. The van der Waals surface area contributed by atoms with Crippen LogP contribution in [0, 0.1) is 13.8 Å². The summed E-state index contributed by atoms with van der Waals surface area (Å²) in [6.07, 6.45) is 0. The minimum atomic E-state index is -0.930. The minimum absolute atomic E-state index is 0.268. The number of hydrogen-bond acceptors (Lipinski definition) is 2. The summed E-state index contributed by atoms with van der Waals surface area (Å²) in [5.41, 5.74) is 2.11. The van der Waals surface area contributed by atoms with Crippen molar-refractivity contribution in [1.82, 2.24) is 0 Å². The fourth-order valence-corrected chi connectivity index (χ4v) is 1.69. The first kappa shape index (κ1) is 12.2. The van der Waals surface area contributed by atoms with Gasteiger partial charge in [-0.25, -0.2) is 4.79 Å². The Bertz CT molecular complexity index is 588. The SMILES string of the molecule is Cc1ccccc1Oc1ccc(C(=O)O)cc1C. The van der Waals surface area contributed by atoms with Crippen molar-refractivity contribution in [3.63, 3.8) is 0 Å². The molecule has 2 aromatic carbocycles. The number of benzene rings is 2. The summed E-state index contributed by atoms with van der Waals surface area (Å²) in [7, 11) is 0. The van der Waals surface area contributed by atoms with Gasteiger partial charge in [0.15, 0.2) is 0 Å². The predicted molar refractivity (Wildman–Crippen MR) is 69.4 cm³/mol. The number of carbonyl (C=O) groups is 1. The normalized spacial score (nSPS) is 10.1. The van der Waals surface area contributed by atoms with Crippen LogP contribution >= 0.6 is 0 Å². The molecule has 0 unspecified atom stereocenters. The molecule has 0 saturated heterocycles. The molecule has 1 N–H and O–H groups in total. The zero-order valence-corrected chi connectivity index (χ0v) is 10.3. The Morgan fingerprint density at radius 1 is 1.00 bits per heavy atom. The molecule has 2 aromatic rings. The van der Waals surface area contributed by atoms with E-state index in [2.05, 4.69) is 0 Å². The van der Waals surface area contributed by atoms with Crippen molar-refractivity contribution in [3.05, 3.63) is 59.2 Å². The van der Waals surface area contributed by atoms with E-state index in [1.807, 2.05) is 38.1 Å². The highest BCUT2D eigenvalue weighted by molar-refractivity contribution is 5.88. The van der Waals surface area contributed by atoms with E-state index < -0.39 is 5.97 Å². The van der Waals surface area contributed by atoms with Crippen LogP contribution < -0.4 is 4.74 Å². The van der Waals surface area contributed by atoms with E-state index in [-0.39, 0.29) is 5.56 Å². The molecule has 0 aliphatic carbocycles. The zero-order valence-electron chi connectivity index (χ0n) is 10.3. The Hall–Kier alpha value is -2.29. The van der Waals surface area contributed by atoms with Crippen molar-refractivity contribution in [2.24, 2.45) is 0 Å². The molecule has 92 valence electrons. The highest BCUT2D eigenvalue weighted by Crippen LogP contribution is 2.27. The first-order valence-corrected chi connectivity index (χ1v) is 5.65. The number of carboxylic acid groups (broad SMARTS) is 1. The van der Waals surface area contributed by atoms with Crippen LogP contribution in [0.5, 0.6) is 11.5 Å². The van der Waals surface area contributed by atoms with Gasteiger partial charge in [-0.2, -0.15) is 0 Å². The quantitative estimate of drug-likeness (QED) is 0.890. The van der Waals surface area contributed by atoms with Gasteiger partial charge in [-0.05, 0) is 49.2 Å². The molecule has 0 aliphatic heterocycles. The van der Waals surface area contributed by atoms with Crippen LogP contribution in [0.1, 0.15) is 21.5 Å². The van der Waals surface area contributed by atoms with Gasteiger partial charge < -0.3 is 9.84 Å². The Morgan fingerprint density at radius 3 is 2.28 bits per heavy atom. The van der Waals surface area contributed by atoms with E-state index in [4.69, 9.17) is 9.84 Å². The van der Waals surface area contributed by atoms with Gasteiger partial charge in [0, 0.05) is 0 Å². The van der Waals surface area contributed by atoms with Gasteiger partial charge in [-0.1, -0.05) is 18.2 Å². The summed E-state index contributed by atoms with van der Waals surface area (Å²) >= 11 is 0. The van der Waals surface area contributed by atoms with Gasteiger partial charge in [-0.3, -0.25) is 0 Å². The standard InChI is InChI=1S/C15H14O3/c1-10-5-3-4-6-13(10)18-14-8-7-12(15(16)17)9-11(14)2/h3-9H,1-2H3,(H,16,17). The molecule has 0 radical (unpaired) electrons. The molecule has 2 rings (SSSR count). The van der Waals surface area contributed by atoms with E-state index in [9.17, 15) is 4.79 Å². The van der Waals surface area contributed by atoms with E-state index in [0.29, 0.717) is 5.75 Å². The highest BCUT2D eigenvalue weighted by atomic mass is 16.5. The van der Waals surface area contributed by atoms with Crippen LogP contribution in [0.15, 0.2) is 42.5 Å². The summed E-state index contributed by atoms with van der Waals surface area (Å²) in [5, 5.41) is 8.89. The van der Waals surface area contributed by atoms with Crippen LogP contribution in [-0.4, -0.2) is 11.1 Å². The molecule has 0 fully saturated rings. The van der Waals surface area contributed by atoms with Gasteiger partial charge in [0.25, 0.3) is 0 Å². The second kappa shape index (κ2) is 4.92. The first-order valence-electron chi connectivity index (χ1n) is 5.65. The molecule has 0 atom stereocenters. The smallest absolute Gasteiger partial charge is 0.335 e. The monoisotopic (exact) mass is 242 g/mol. The number of hydrogen-bond donors (Lipinski definition) is 1. The lowest BCUT2D eigenvalue weighted by Gasteiger charge is -2.11. The maximum absolute atomic E-state index is 10.8. The summed E-state index contributed by atoms with van der Waals surface area (Å²) in [5.74, 6) is 0.526. The van der Waals surface area contributed by atoms with Gasteiger partial charge in [-0.15, -0.1) is 0 Å².